The van der Waals surface area contributed by atoms with Gasteiger partial charge in [-0.15, -0.1) is 0 Å². The second kappa shape index (κ2) is 7.36. The molecular formula is C18H14V. The molecule has 0 aromatic heterocycles. The normalized spacial score (nSPS) is 25.7. The molecule has 19 heavy (non-hydrogen) atoms. The Hall–Kier alpha value is -0.456. The summed E-state index contributed by atoms with van der Waals surface area (Å²) < 4.78 is 0. The van der Waals surface area contributed by atoms with Gasteiger partial charge in [0.25, 0.3) is 0 Å². The maximum atomic E-state index is 2.12. The van der Waals surface area contributed by atoms with E-state index >= 15 is 0 Å². The van der Waals surface area contributed by atoms with Crippen LogP contribution in [0.2, 0.25) is 0 Å². The zero-order valence-electron chi connectivity index (χ0n) is 10.5. The Kier molecular flexibility index (Phi) is 5.79. The summed E-state index contributed by atoms with van der Waals surface area (Å²) in [5.41, 5.74) is 0. The topological polar surface area (TPSA) is 0 Å². The van der Waals surface area contributed by atoms with E-state index in [1.807, 2.05) is 0 Å². The largest absolute Gasteiger partial charge is 0.0762 e. The zero-order chi connectivity index (χ0) is 12.2. The van der Waals surface area contributed by atoms with Crippen molar-refractivity contribution >= 4 is 0 Å². The molecule has 0 amide bonds. The molecule has 0 spiro atoms. The van der Waals surface area contributed by atoms with Crippen molar-refractivity contribution in [3.8, 4) is 0 Å². The molecule has 4 aliphatic rings. The summed E-state index contributed by atoms with van der Waals surface area (Å²) in [4.78, 5) is 0. The molecule has 0 aromatic carbocycles. The van der Waals surface area contributed by atoms with Crippen LogP contribution in [0, 0.1) is 62.2 Å². The minimum Gasteiger partial charge on any atom is -0.0762 e. The van der Waals surface area contributed by atoms with E-state index in [4.69, 9.17) is 0 Å². The van der Waals surface area contributed by atoms with Crippen LogP contribution in [0.4, 0.5) is 0 Å². The first-order valence-electron chi connectivity index (χ1n) is 6.14. The second-order valence-corrected chi connectivity index (χ2v) is 4.31. The van der Waals surface area contributed by atoms with Crippen molar-refractivity contribution in [2.45, 2.75) is 0 Å². The number of hydrogen-bond acceptors (Lipinski definition) is 0. The van der Waals surface area contributed by atoms with Gasteiger partial charge in [0.15, 0.2) is 0 Å². The van der Waals surface area contributed by atoms with Gasteiger partial charge in [-0.1, -0.05) is 48.6 Å². The maximum Gasteiger partial charge on any atom is 0.0124 e. The predicted molar refractivity (Wildman–Crippen MR) is 75.3 cm³/mol. The summed E-state index contributed by atoms with van der Waals surface area (Å²) in [6.45, 7) is 0. The standard InChI is InChI=1S/2C9H7.V/c2*1-2-5-9-7-3-6-8(9)4-1;/h2*1-7H;. The van der Waals surface area contributed by atoms with E-state index in [2.05, 4.69) is 87.1 Å². The Balaban J connectivity index is 0.000000133. The van der Waals surface area contributed by atoms with Crippen LogP contribution in [-0.4, -0.2) is 0 Å². The van der Waals surface area contributed by atoms with Crippen molar-refractivity contribution in [1.82, 2.24) is 0 Å². The molecular weight excluding hydrogens is 267 g/mol. The van der Waals surface area contributed by atoms with Gasteiger partial charge >= 0.3 is 0 Å². The van der Waals surface area contributed by atoms with E-state index < -0.39 is 0 Å². The fourth-order valence-corrected chi connectivity index (χ4v) is 2.14. The molecule has 91 valence electrons. The smallest absolute Gasteiger partial charge is 0.0124 e. The third-order valence-corrected chi connectivity index (χ3v) is 3.10. The van der Waals surface area contributed by atoms with Gasteiger partial charge in [-0.2, -0.15) is 0 Å². The van der Waals surface area contributed by atoms with E-state index in [1.165, 1.54) is 23.7 Å². The van der Waals surface area contributed by atoms with Gasteiger partial charge in [0, 0.05) is 42.2 Å². The monoisotopic (exact) mass is 281 g/mol. The summed E-state index contributed by atoms with van der Waals surface area (Å²) in [6.07, 6.45) is 29.3. The summed E-state index contributed by atoms with van der Waals surface area (Å²) in [5, 5.41) is 0. The molecule has 0 saturated heterocycles. The van der Waals surface area contributed by atoms with E-state index in [0.29, 0.717) is 0 Å². The molecule has 0 N–H and O–H groups in total. The zero-order valence-corrected chi connectivity index (χ0v) is 11.9. The fraction of sp³-hybridized carbons (Fsp3) is 0. The first-order valence-corrected chi connectivity index (χ1v) is 6.14. The van der Waals surface area contributed by atoms with Gasteiger partial charge in [-0.3, -0.25) is 0 Å². The van der Waals surface area contributed by atoms with Crippen LogP contribution in [0.1, 0.15) is 0 Å². The van der Waals surface area contributed by atoms with Crippen LogP contribution < -0.4 is 0 Å². The molecule has 0 aliphatic heterocycles. The Labute approximate surface area is 129 Å². The number of rotatable bonds is 0. The van der Waals surface area contributed by atoms with E-state index in [0.717, 1.165) is 0 Å². The van der Waals surface area contributed by atoms with Crippen molar-refractivity contribution in [2.75, 3.05) is 0 Å². The average molecular weight is 281 g/mol. The van der Waals surface area contributed by atoms with Crippen molar-refractivity contribution in [3.63, 3.8) is 0 Å². The average Bonchev–Trinajstić information content (AvgIpc) is 3.08. The van der Waals surface area contributed by atoms with Crippen LogP contribution >= 0.6 is 0 Å². The van der Waals surface area contributed by atoms with E-state index in [1.54, 1.807) is 0 Å². The molecule has 1 heteroatoms. The molecule has 11 radical (unpaired) electrons. The third-order valence-electron chi connectivity index (χ3n) is 3.10. The molecule has 0 aromatic rings. The van der Waals surface area contributed by atoms with Crippen LogP contribution in [0.15, 0.2) is 48.6 Å². The predicted octanol–water partition coefficient (Wildman–Crippen LogP) is 3.77. The molecule has 2 saturated carbocycles. The van der Waals surface area contributed by atoms with Gasteiger partial charge in [-0.25, -0.2) is 0 Å². The Morgan fingerprint density at radius 1 is 0.421 bits per heavy atom. The van der Waals surface area contributed by atoms with Crippen LogP contribution in [0.5, 0.6) is 0 Å². The van der Waals surface area contributed by atoms with Crippen LogP contribution in [0.25, 0.3) is 0 Å². The van der Waals surface area contributed by atoms with Crippen molar-refractivity contribution < 1.29 is 18.6 Å². The number of fused-ring (bicyclic) bond motifs is 2. The third kappa shape index (κ3) is 3.77. The van der Waals surface area contributed by atoms with Crippen LogP contribution in [-0.2, 0) is 18.6 Å². The molecule has 0 bridgehead atoms. The molecule has 0 heterocycles. The minimum absolute atomic E-state index is 0. The molecule has 4 rings (SSSR count). The first kappa shape index (κ1) is 14.9. The Morgan fingerprint density at radius 2 is 0.684 bits per heavy atom. The molecule has 2 fully saturated rings. The van der Waals surface area contributed by atoms with Gasteiger partial charge in [0.1, 0.15) is 0 Å². The number of allylic oxidation sites excluding steroid dienone is 8. The van der Waals surface area contributed by atoms with Gasteiger partial charge in [0.05, 0.1) is 0 Å². The molecule has 0 nitrogen and oxygen atoms in total. The second-order valence-electron chi connectivity index (χ2n) is 4.31. The van der Waals surface area contributed by atoms with E-state index in [-0.39, 0.29) is 18.6 Å². The number of hydrogen-bond donors (Lipinski definition) is 0. The van der Waals surface area contributed by atoms with Crippen molar-refractivity contribution in [3.05, 3.63) is 111 Å². The summed E-state index contributed by atoms with van der Waals surface area (Å²) in [5.74, 6) is 5.32. The van der Waals surface area contributed by atoms with Gasteiger partial charge < -0.3 is 0 Å². The van der Waals surface area contributed by atoms with Crippen molar-refractivity contribution in [1.29, 1.82) is 0 Å². The molecule has 0 unspecified atom stereocenters. The Morgan fingerprint density at radius 3 is 0.947 bits per heavy atom. The van der Waals surface area contributed by atoms with E-state index in [9.17, 15) is 0 Å². The summed E-state index contributed by atoms with van der Waals surface area (Å²) in [7, 11) is 0. The first-order chi connectivity index (χ1) is 8.93. The summed E-state index contributed by atoms with van der Waals surface area (Å²) in [6, 6.07) is 0. The van der Waals surface area contributed by atoms with Crippen molar-refractivity contribution in [2.24, 2.45) is 0 Å². The van der Waals surface area contributed by atoms with Gasteiger partial charge in [-0.05, 0) is 38.5 Å². The SMILES string of the molecule is [CH]1[CH][C]2C=CC=C[C]2[CH]1.[CH]1[CH][C]2C=CC=C[C]2[CH]1.[V]. The van der Waals surface area contributed by atoms with Gasteiger partial charge in [0.2, 0.25) is 0 Å². The van der Waals surface area contributed by atoms with Crippen LogP contribution in [0.3, 0.4) is 0 Å². The summed E-state index contributed by atoms with van der Waals surface area (Å²) >= 11 is 0. The molecule has 0 atom stereocenters. The molecule has 4 aliphatic carbocycles. The maximum absolute atomic E-state index is 2.12. The minimum atomic E-state index is 0. The fourth-order valence-electron chi connectivity index (χ4n) is 2.14. The Bertz CT molecular complexity index is 314. The quantitative estimate of drug-likeness (QED) is 0.634.